The Balaban J connectivity index is 3.07. The lowest BCUT2D eigenvalue weighted by atomic mass is 9.95. The number of hydrogen-bond acceptors (Lipinski definition) is 2. The van der Waals surface area contributed by atoms with Crippen LogP contribution in [0.25, 0.3) is 0 Å². The molecular formula is C12H13F3O3. The van der Waals surface area contributed by atoms with Gasteiger partial charge in [0.1, 0.15) is 5.75 Å². The van der Waals surface area contributed by atoms with Gasteiger partial charge in [-0.05, 0) is 29.2 Å². The van der Waals surface area contributed by atoms with E-state index < -0.39 is 12.3 Å². The minimum atomic E-state index is -4.75. The lowest BCUT2D eigenvalue weighted by Crippen LogP contribution is -2.17. The van der Waals surface area contributed by atoms with E-state index in [2.05, 4.69) is 4.74 Å². The Hall–Kier alpha value is -1.72. The van der Waals surface area contributed by atoms with E-state index in [1.807, 2.05) is 0 Å². The second-order valence-corrected chi connectivity index (χ2v) is 4.13. The number of carbonyl (C=O) groups is 1. The molecule has 0 unspecified atom stereocenters. The number of benzene rings is 1. The lowest BCUT2D eigenvalue weighted by Gasteiger charge is -2.15. The molecular weight excluding hydrogens is 249 g/mol. The fraction of sp³-hybridized carbons (Fsp3) is 0.417. The molecule has 0 bridgehead atoms. The molecule has 100 valence electrons. The van der Waals surface area contributed by atoms with Crippen LogP contribution in [0, 0.1) is 0 Å². The normalized spacial score (nSPS) is 11.7. The molecule has 18 heavy (non-hydrogen) atoms. The summed E-state index contributed by atoms with van der Waals surface area (Å²) in [5.74, 6) is -1.45. The number of carboxylic acid groups (broad SMARTS) is 1. The van der Waals surface area contributed by atoms with Gasteiger partial charge in [0, 0.05) is 0 Å². The van der Waals surface area contributed by atoms with E-state index in [9.17, 15) is 18.0 Å². The van der Waals surface area contributed by atoms with Crippen molar-refractivity contribution < 1.29 is 27.8 Å². The van der Waals surface area contributed by atoms with Crippen molar-refractivity contribution in [1.29, 1.82) is 0 Å². The molecule has 0 aliphatic heterocycles. The van der Waals surface area contributed by atoms with Crippen LogP contribution in [-0.4, -0.2) is 17.4 Å². The molecule has 1 N–H and O–H groups in total. The van der Waals surface area contributed by atoms with E-state index in [4.69, 9.17) is 5.11 Å². The van der Waals surface area contributed by atoms with Gasteiger partial charge in [0.15, 0.2) is 0 Å². The van der Waals surface area contributed by atoms with Crippen LogP contribution in [0.5, 0.6) is 5.75 Å². The number of aliphatic carboxylic acids is 1. The Labute approximate surface area is 102 Å². The van der Waals surface area contributed by atoms with Crippen LogP contribution in [0.3, 0.4) is 0 Å². The minimum absolute atomic E-state index is 0.0869. The van der Waals surface area contributed by atoms with Crippen molar-refractivity contribution in [3.05, 3.63) is 29.3 Å². The summed E-state index contributed by atoms with van der Waals surface area (Å²) in [5, 5.41) is 8.72. The van der Waals surface area contributed by atoms with Crippen molar-refractivity contribution in [1.82, 2.24) is 0 Å². The average molecular weight is 262 g/mol. The fourth-order valence-electron chi connectivity index (χ4n) is 1.63. The Bertz CT molecular complexity index is 439. The van der Waals surface area contributed by atoms with Crippen LogP contribution >= 0.6 is 0 Å². The maximum atomic E-state index is 12.1. The van der Waals surface area contributed by atoms with Crippen molar-refractivity contribution in [3.63, 3.8) is 0 Å². The zero-order valence-corrected chi connectivity index (χ0v) is 9.91. The topological polar surface area (TPSA) is 46.5 Å². The van der Waals surface area contributed by atoms with E-state index in [1.165, 1.54) is 12.1 Å². The molecule has 6 heteroatoms. The van der Waals surface area contributed by atoms with Gasteiger partial charge in [0.25, 0.3) is 0 Å². The van der Waals surface area contributed by atoms with E-state index in [0.717, 1.165) is 6.07 Å². The highest BCUT2D eigenvalue weighted by Crippen LogP contribution is 2.28. The Morgan fingerprint density at radius 3 is 2.44 bits per heavy atom. The SMILES string of the molecule is CC(C)c1cc(OC(F)(F)F)ccc1CC(=O)O. The van der Waals surface area contributed by atoms with E-state index in [0.29, 0.717) is 11.1 Å². The van der Waals surface area contributed by atoms with E-state index in [-0.39, 0.29) is 18.1 Å². The van der Waals surface area contributed by atoms with Crippen molar-refractivity contribution in [2.24, 2.45) is 0 Å². The highest BCUT2D eigenvalue weighted by molar-refractivity contribution is 5.71. The summed E-state index contributed by atoms with van der Waals surface area (Å²) >= 11 is 0. The number of alkyl halides is 3. The molecule has 0 amide bonds. The van der Waals surface area contributed by atoms with E-state index >= 15 is 0 Å². The molecule has 0 heterocycles. The largest absolute Gasteiger partial charge is 0.573 e. The average Bonchev–Trinajstić information content (AvgIpc) is 2.17. The molecule has 0 saturated carbocycles. The maximum Gasteiger partial charge on any atom is 0.573 e. The third-order valence-electron chi connectivity index (χ3n) is 2.31. The van der Waals surface area contributed by atoms with Crippen molar-refractivity contribution in [2.45, 2.75) is 32.5 Å². The van der Waals surface area contributed by atoms with Crippen LogP contribution in [0.1, 0.15) is 30.9 Å². The first kappa shape index (κ1) is 14.3. The van der Waals surface area contributed by atoms with Crippen molar-refractivity contribution >= 4 is 5.97 Å². The first-order chi connectivity index (χ1) is 8.19. The van der Waals surface area contributed by atoms with Gasteiger partial charge >= 0.3 is 12.3 Å². The zero-order valence-electron chi connectivity index (χ0n) is 9.91. The standard InChI is InChI=1S/C12H13F3O3/c1-7(2)10-6-9(18-12(13,14)15)4-3-8(10)5-11(16)17/h3-4,6-7H,5H2,1-2H3,(H,16,17). The van der Waals surface area contributed by atoms with Gasteiger partial charge in [0.05, 0.1) is 6.42 Å². The molecule has 0 aliphatic rings. The van der Waals surface area contributed by atoms with Gasteiger partial charge in [-0.15, -0.1) is 13.2 Å². The van der Waals surface area contributed by atoms with Crippen LogP contribution < -0.4 is 4.74 Å². The van der Waals surface area contributed by atoms with Gasteiger partial charge in [0.2, 0.25) is 0 Å². The van der Waals surface area contributed by atoms with Gasteiger partial charge in [-0.25, -0.2) is 0 Å². The predicted octanol–water partition coefficient (Wildman–Crippen LogP) is 3.34. The van der Waals surface area contributed by atoms with Crippen LogP contribution in [0.4, 0.5) is 13.2 Å². The van der Waals surface area contributed by atoms with Crippen LogP contribution in [0.15, 0.2) is 18.2 Å². The third kappa shape index (κ3) is 4.27. The predicted molar refractivity (Wildman–Crippen MR) is 58.6 cm³/mol. The van der Waals surface area contributed by atoms with E-state index in [1.54, 1.807) is 13.8 Å². The Kier molecular flexibility index (Phi) is 4.21. The number of hydrogen-bond donors (Lipinski definition) is 1. The van der Waals surface area contributed by atoms with Crippen LogP contribution in [0.2, 0.25) is 0 Å². The molecule has 0 saturated heterocycles. The van der Waals surface area contributed by atoms with Gasteiger partial charge in [-0.2, -0.15) is 0 Å². The highest BCUT2D eigenvalue weighted by Gasteiger charge is 2.31. The quantitative estimate of drug-likeness (QED) is 0.905. The molecule has 0 fully saturated rings. The molecule has 0 aromatic heterocycles. The van der Waals surface area contributed by atoms with Crippen molar-refractivity contribution in [2.75, 3.05) is 0 Å². The summed E-state index contributed by atoms with van der Waals surface area (Å²) in [4.78, 5) is 10.6. The summed E-state index contributed by atoms with van der Waals surface area (Å²) in [6.45, 7) is 3.55. The Morgan fingerprint density at radius 2 is 2.00 bits per heavy atom. The van der Waals surface area contributed by atoms with Gasteiger partial charge < -0.3 is 9.84 Å². The lowest BCUT2D eigenvalue weighted by molar-refractivity contribution is -0.274. The number of rotatable bonds is 4. The summed E-state index contributed by atoms with van der Waals surface area (Å²) < 4.78 is 40.0. The molecule has 1 aromatic carbocycles. The third-order valence-corrected chi connectivity index (χ3v) is 2.31. The monoisotopic (exact) mass is 262 g/mol. The second-order valence-electron chi connectivity index (χ2n) is 4.13. The number of ether oxygens (including phenoxy) is 1. The van der Waals surface area contributed by atoms with Crippen molar-refractivity contribution in [3.8, 4) is 5.75 Å². The first-order valence-electron chi connectivity index (χ1n) is 5.29. The molecule has 3 nitrogen and oxygen atoms in total. The molecule has 0 aliphatic carbocycles. The smallest absolute Gasteiger partial charge is 0.481 e. The summed E-state index contributed by atoms with van der Waals surface area (Å²) in [5.41, 5.74) is 1.03. The minimum Gasteiger partial charge on any atom is -0.481 e. The molecule has 1 aromatic rings. The summed E-state index contributed by atoms with van der Waals surface area (Å²) in [7, 11) is 0. The summed E-state index contributed by atoms with van der Waals surface area (Å²) in [6, 6.07) is 3.71. The van der Waals surface area contributed by atoms with Gasteiger partial charge in [-0.3, -0.25) is 4.79 Å². The van der Waals surface area contributed by atoms with Gasteiger partial charge in [-0.1, -0.05) is 19.9 Å². The molecule has 0 spiro atoms. The molecule has 0 radical (unpaired) electrons. The second kappa shape index (κ2) is 5.29. The fourth-order valence-corrected chi connectivity index (χ4v) is 1.63. The number of halogens is 3. The summed E-state index contributed by atoms with van der Waals surface area (Å²) in [6.07, 6.45) is -4.97. The maximum absolute atomic E-state index is 12.1. The Morgan fingerprint density at radius 1 is 1.39 bits per heavy atom. The number of carboxylic acids is 1. The first-order valence-corrected chi connectivity index (χ1v) is 5.29. The molecule has 0 atom stereocenters. The molecule has 1 rings (SSSR count). The zero-order chi connectivity index (χ0) is 13.9. The highest BCUT2D eigenvalue weighted by atomic mass is 19.4. The van der Waals surface area contributed by atoms with Crippen LogP contribution in [-0.2, 0) is 11.2 Å².